The number of aryl methyl sites for hydroxylation is 1. The van der Waals surface area contributed by atoms with Crippen LogP contribution in [0, 0.1) is 11.7 Å². The Kier molecular flexibility index (Phi) is 4.29. The first kappa shape index (κ1) is 13.0. The normalized spacial score (nSPS) is 18.8. The lowest BCUT2D eigenvalue weighted by atomic mass is 9.96. The molecule has 0 N–H and O–H groups in total. The number of nitrogens with zero attached hydrogens (tertiary/aromatic N) is 1. The minimum absolute atomic E-state index is 0.127. The zero-order valence-corrected chi connectivity index (χ0v) is 11.0. The molecular weight excluding hydrogens is 225 g/mol. The van der Waals surface area contributed by atoms with Crippen molar-refractivity contribution >= 4 is 5.71 Å². The molecule has 1 heterocycles. The second-order valence-corrected chi connectivity index (χ2v) is 4.89. The average Bonchev–Trinajstić information content (AvgIpc) is 2.84. The molecule has 1 aromatic carbocycles. The average molecular weight is 245 g/mol. The number of benzene rings is 1. The van der Waals surface area contributed by atoms with Crippen molar-refractivity contribution in [3.8, 4) is 0 Å². The molecule has 2 heteroatoms. The van der Waals surface area contributed by atoms with Crippen molar-refractivity contribution < 1.29 is 4.39 Å². The van der Waals surface area contributed by atoms with Crippen LogP contribution in [0.15, 0.2) is 35.8 Å². The highest BCUT2D eigenvalue weighted by atomic mass is 19.1. The van der Waals surface area contributed by atoms with Crippen LogP contribution in [-0.4, -0.2) is 12.3 Å². The van der Waals surface area contributed by atoms with E-state index in [4.69, 9.17) is 0 Å². The van der Waals surface area contributed by atoms with Gasteiger partial charge in [0.2, 0.25) is 0 Å². The number of halogens is 1. The number of allylic oxidation sites excluding steroid dienone is 1. The second-order valence-electron chi connectivity index (χ2n) is 4.89. The molecule has 96 valence electrons. The summed E-state index contributed by atoms with van der Waals surface area (Å²) in [5.41, 5.74) is 2.66. The summed E-state index contributed by atoms with van der Waals surface area (Å²) in [5, 5.41) is 0. The summed E-state index contributed by atoms with van der Waals surface area (Å²) >= 11 is 0. The van der Waals surface area contributed by atoms with Gasteiger partial charge in [-0.2, -0.15) is 0 Å². The van der Waals surface area contributed by atoms with Gasteiger partial charge in [-0.3, -0.25) is 4.99 Å². The predicted molar refractivity (Wildman–Crippen MR) is 74.7 cm³/mol. The van der Waals surface area contributed by atoms with Crippen LogP contribution in [0.5, 0.6) is 0 Å². The fourth-order valence-corrected chi connectivity index (χ4v) is 2.40. The van der Waals surface area contributed by atoms with Gasteiger partial charge in [0.1, 0.15) is 5.82 Å². The lowest BCUT2D eigenvalue weighted by Gasteiger charge is -2.08. The third-order valence-electron chi connectivity index (χ3n) is 3.55. The summed E-state index contributed by atoms with van der Waals surface area (Å²) in [6.07, 6.45) is 5.83. The summed E-state index contributed by atoms with van der Waals surface area (Å²) in [7, 11) is 0. The van der Waals surface area contributed by atoms with E-state index >= 15 is 0 Å². The van der Waals surface area contributed by atoms with Crippen molar-refractivity contribution in [3.63, 3.8) is 0 Å². The van der Waals surface area contributed by atoms with Gasteiger partial charge in [-0.1, -0.05) is 19.1 Å². The first-order valence-corrected chi connectivity index (χ1v) is 6.67. The SMILES string of the molecule is C=CCCC1CN=C(c2ccc(CC)cc2F)C1. The zero-order chi connectivity index (χ0) is 13.0. The quantitative estimate of drug-likeness (QED) is 0.691. The van der Waals surface area contributed by atoms with Crippen molar-refractivity contribution in [2.45, 2.75) is 32.6 Å². The maximum Gasteiger partial charge on any atom is 0.132 e. The first-order chi connectivity index (χ1) is 8.74. The van der Waals surface area contributed by atoms with Gasteiger partial charge in [0.15, 0.2) is 0 Å². The van der Waals surface area contributed by atoms with Crippen LogP contribution in [0.25, 0.3) is 0 Å². The summed E-state index contributed by atoms with van der Waals surface area (Å²) < 4.78 is 14.0. The Balaban J connectivity index is 2.07. The van der Waals surface area contributed by atoms with E-state index in [1.807, 2.05) is 25.1 Å². The number of rotatable bonds is 5. The first-order valence-electron chi connectivity index (χ1n) is 6.67. The van der Waals surface area contributed by atoms with E-state index < -0.39 is 0 Å². The van der Waals surface area contributed by atoms with Gasteiger partial charge in [0, 0.05) is 17.8 Å². The van der Waals surface area contributed by atoms with Crippen molar-refractivity contribution in [1.29, 1.82) is 0 Å². The van der Waals surface area contributed by atoms with Crippen LogP contribution in [0.2, 0.25) is 0 Å². The fourth-order valence-electron chi connectivity index (χ4n) is 2.40. The van der Waals surface area contributed by atoms with Gasteiger partial charge in [-0.05, 0) is 49.3 Å². The minimum Gasteiger partial charge on any atom is -0.289 e. The monoisotopic (exact) mass is 245 g/mol. The topological polar surface area (TPSA) is 12.4 Å². The van der Waals surface area contributed by atoms with Crippen molar-refractivity contribution in [2.75, 3.05) is 6.54 Å². The molecule has 0 bridgehead atoms. The lowest BCUT2D eigenvalue weighted by molar-refractivity contribution is 0.547. The number of hydrogen-bond donors (Lipinski definition) is 0. The van der Waals surface area contributed by atoms with E-state index in [0.717, 1.165) is 43.5 Å². The highest BCUT2D eigenvalue weighted by molar-refractivity contribution is 6.02. The number of hydrogen-bond acceptors (Lipinski definition) is 1. The molecule has 1 aliphatic rings. The fraction of sp³-hybridized carbons (Fsp3) is 0.438. The van der Waals surface area contributed by atoms with E-state index in [2.05, 4.69) is 11.6 Å². The van der Waals surface area contributed by atoms with Crippen LogP contribution in [0.1, 0.15) is 37.3 Å². The number of aliphatic imine (C=N–C) groups is 1. The molecule has 1 atom stereocenters. The Morgan fingerprint density at radius 2 is 2.33 bits per heavy atom. The molecule has 1 aliphatic heterocycles. The summed E-state index contributed by atoms with van der Waals surface area (Å²) in [5.74, 6) is 0.431. The third-order valence-corrected chi connectivity index (χ3v) is 3.55. The van der Waals surface area contributed by atoms with E-state index in [1.54, 1.807) is 6.07 Å². The molecule has 1 nitrogen and oxygen atoms in total. The van der Waals surface area contributed by atoms with Gasteiger partial charge in [0.25, 0.3) is 0 Å². The second kappa shape index (κ2) is 5.94. The smallest absolute Gasteiger partial charge is 0.132 e. The molecule has 0 aromatic heterocycles. The molecule has 18 heavy (non-hydrogen) atoms. The van der Waals surface area contributed by atoms with Crippen LogP contribution >= 0.6 is 0 Å². The zero-order valence-electron chi connectivity index (χ0n) is 11.0. The molecule has 1 unspecified atom stereocenters. The summed E-state index contributed by atoms with van der Waals surface area (Å²) in [6.45, 7) is 6.60. The molecule has 0 saturated heterocycles. The summed E-state index contributed by atoms with van der Waals surface area (Å²) in [4.78, 5) is 4.50. The van der Waals surface area contributed by atoms with E-state index in [-0.39, 0.29) is 5.82 Å². The Morgan fingerprint density at radius 3 is 3.00 bits per heavy atom. The molecule has 0 aliphatic carbocycles. The minimum atomic E-state index is -0.127. The van der Waals surface area contributed by atoms with Gasteiger partial charge in [0.05, 0.1) is 0 Å². The molecule has 0 fully saturated rings. The molecule has 0 saturated carbocycles. The molecular formula is C16H20FN. The maximum atomic E-state index is 14.0. The van der Waals surface area contributed by atoms with E-state index in [1.165, 1.54) is 0 Å². The van der Waals surface area contributed by atoms with Crippen molar-refractivity contribution in [1.82, 2.24) is 0 Å². The summed E-state index contributed by atoms with van der Waals surface area (Å²) in [6, 6.07) is 5.51. The Labute approximate surface area is 108 Å². The largest absolute Gasteiger partial charge is 0.289 e. The van der Waals surface area contributed by atoms with E-state index in [0.29, 0.717) is 11.5 Å². The molecule has 0 spiro atoms. The van der Waals surface area contributed by atoms with Gasteiger partial charge < -0.3 is 0 Å². The lowest BCUT2D eigenvalue weighted by Crippen LogP contribution is -2.05. The molecule has 2 rings (SSSR count). The highest BCUT2D eigenvalue weighted by Crippen LogP contribution is 2.24. The van der Waals surface area contributed by atoms with Gasteiger partial charge in [-0.25, -0.2) is 4.39 Å². The Morgan fingerprint density at radius 1 is 1.50 bits per heavy atom. The van der Waals surface area contributed by atoms with Crippen LogP contribution in [0.4, 0.5) is 4.39 Å². The highest BCUT2D eigenvalue weighted by Gasteiger charge is 2.21. The third kappa shape index (κ3) is 2.87. The predicted octanol–water partition coefficient (Wildman–Crippen LogP) is 4.16. The van der Waals surface area contributed by atoms with Crippen LogP contribution < -0.4 is 0 Å². The van der Waals surface area contributed by atoms with Crippen molar-refractivity contribution in [2.24, 2.45) is 10.9 Å². The Hall–Kier alpha value is -1.44. The molecule has 1 aromatic rings. The van der Waals surface area contributed by atoms with Crippen LogP contribution in [0.3, 0.4) is 0 Å². The van der Waals surface area contributed by atoms with Crippen molar-refractivity contribution in [3.05, 3.63) is 47.8 Å². The van der Waals surface area contributed by atoms with E-state index in [9.17, 15) is 4.39 Å². The molecule has 0 amide bonds. The van der Waals surface area contributed by atoms with Gasteiger partial charge >= 0.3 is 0 Å². The Bertz CT molecular complexity index is 462. The molecule has 0 radical (unpaired) electrons. The maximum absolute atomic E-state index is 14.0. The standard InChI is InChI=1S/C16H20FN/c1-3-5-6-13-10-16(18-11-13)14-8-7-12(4-2)9-15(14)17/h3,7-9,13H,1,4-6,10-11H2,2H3. The van der Waals surface area contributed by atoms with Gasteiger partial charge in [-0.15, -0.1) is 6.58 Å². The van der Waals surface area contributed by atoms with Crippen LogP contribution in [-0.2, 0) is 6.42 Å².